The fourth-order valence-corrected chi connectivity index (χ4v) is 3.44. The van der Waals surface area contributed by atoms with Gasteiger partial charge in [0, 0.05) is 4.88 Å². The molecule has 1 atom stereocenters. The maximum Gasteiger partial charge on any atom is 0.114 e. The van der Waals surface area contributed by atoms with Crippen molar-refractivity contribution in [3.8, 4) is 0 Å². The van der Waals surface area contributed by atoms with Gasteiger partial charge in [0.2, 0.25) is 0 Å². The van der Waals surface area contributed by atoms with E-state index in [4.69, 9.17) is 0 Å². The fourth-order valence-electron chi connectivity index (χ4n) is 2.51. The molecule has 0 aliphatic carbocycles. The zero-order valence-corrected chi connectivity index (χ0v) is 13.8. The lowest BCUT2D eigenvalue weighted by Crippen LogP contribution is -2.06. The number of aliphatic hydroxyl groups excluding tert-OH is 1. The standard InChI is InChI=1S/C18H24OS/c1-11(2)14-6-7-15(16(10-14)12(3)4)17(19)18-13(5)8-9-20-18/h6-12,17,19H,1-5H3. The predicted octanol–water partition coefficient (Wildman–Crippen LogP) is 5.39. The molecule has 108 valence electrons. The maximum atomic E-state index is 10.7. The van der Waals surface area contributed by atoms with Crippen LogP contribution in [-0.2, 0) is 0 Å². The Morgan fingerprint density at radius 3 is 2.15 bits per heavy atom. The van der Waals surface area contributed by atoms with Crippen molar-refractivity contribution in [2.75, 3.05) is 0 Å². The van der Waals surface area contributed by atoms with E-state index in [0.29, 0.717) is 11.8 Å². The highest BCUT2D eigenvalue weighted by Crippen LogP contribution is 2.35. The summed E-state index contributed by atoms with van der Waals surface area (Å²) in [6, 6.07) is 8.59. The normalized spacial score (nSPS) is 13.2. The molecule has 2 heteroatoms. The van der Waals surface area contributed by atoms with Gasteiger partial charge in [0.05, 0.1) is 0 Å². The monoisotopic (exact) mass is 288 g/mol. The minimum absolute atomic E-state index is 0.415. The van der Waals surface area contributed by atoms with Crippen LogP contribution in [0.3, 0.4) is 0 Å². The van der Waals surface area contributed by atoms with E-state index in [1.165, 1.54) is 16.7 Å². The van der Waals surface area contributed by atoms with Crippen LogP contribution in [0.2, 0.25) is 0 Å². The molecule has 0 amide bonds. The Hall–Kier alpha value is -1.12. The van der Waals surface area contributed by atoms with Crippen LogP contribution in [0.5, 0.6) is 0 Å². The van der Waals surface area contributed by atoms with Crippen LogP contribution >= 0.6 is 11.3 Å². The minimum Gasteiger partial charge on any atom is -0.383 e. The van der Waals surface area contributed by atoms with Gasteiger partial charge in [0.25, 0.3) is 0 Å². The molecule has 20 heavy (non-hydrogen) atoms. The Balaban J connectivity index is 2.48. The smallest absolute Gasteiger partial charge is 0.114 e. The Kier molecular flexibility index (Phi) is 4.66. The molecule has 1 aromatic carbocycles. The Bertz CT molecular complexity index is 581. The molecule has 1 nitrogen and oxygen atoms in total. The number of hydrogen-bond donors (Lipinski definition) is 1. The van der Waals surface area contributed by atoms with Gasteiger partial charge in [0.1, 0.15) is 6.10 Å². The molecule has 2 aromatic rings. The number of aryl methyl sites for hydroxylation is 1. The van der Waals surface area contributed by atoms with Crippen molar-refractivity contribution in [3.63, 3.8) is 0 Å². The molecular formula is C18H24OS. The summed E-state index contributed by atoms with van der Waals surface area (Å²) in [5.41, 5.74) is 4.82. The quantitative estimate of drug-likeness (QED) is 0.800. The molecule has 0 fully saturated rings. The summed E-state index contributed by atoms with van der Waals surface area (Å²) in [7, 11) is 0. The average molecular weight is 288 g/mol. The Morgan fingerprint density at radius 2 is 1.65 bits per heavy atom. The second kappa shape index (κ2) is 6.11. The van der Waals surface area contributed by atoms with Gasteiger partial charge >= 0.3 is 0 Å². The van der Waals surface area contributed by atoms with Crippen molar-refractivity contribution in [2.24, 2.45) is 0 Å². The highest BCUT2D eigenvalue weighted by atomic mass is 32.1. The van der Waals surface area contributed by atoms with Gasteiger partial charge in [0.15, 0.2) is 0 Å². The number of aliphatic hydroxyl groups is 1. The summed E-state index contributed by atoms with van der Waals surface area (Å²) >= 11 is 1.63. The first-order valence-corrected chi connectivity index (χ1v) is 8.15. The molecule has 0 spiro atoms. The summed E-state index contributed by atoms with van der Waals surface area (Å²) < 4.78 is 0. The zero-order chi connectivity index (χ0) is 14.9. The van der Waals surface area contributed by atoms with Gasteiger partial charge in [-0.1, -0.05) is 45.9 Å². The molecule has 1 aromatic heterocycles. The molecule has 2 rings (SSSR count). The van der Waals surface area contributed by atoms with Crippen molar-refractivity contribution in [2.45, 2.75) is 52.6 Å². The topological polar surface area (TPSA) is 20.2 Å². The van der Waals surface area contributed by atoms with Crippen molar-refractivity contribution >= 4 is 11.3 Å². The van der Waals surface area contributed by atoms with Crippen LogP contribution in [0.1, 0.15) is 72.8 Å². The number of thiophene rings is 1. The molecule has 0 saturated heterocycles. The number of benzene rings is 1. The van der Waals surface area contributed by atoms with E-state index in [0.717, 1.165) is 10.4 Å². The summed E-state index contributed by atoms with van der Waals surface area (Å²) in [5, 5.41) is 12.8. The lowest BCUT2D eigenvalue weighted by molar-refractivity contribution is 0.222. The summed E-state index contributed by atoms with van der Waals surface area (Å²) in [5.74, 6) is 0.931. The number of hydrogen-bond acceptors (Lipinski definition) is 2. The summed E-state index contributed by atoms with van der Waals surface area (Å²) in [6.45, 7) is 10.9. The molecule has 0 aliphatic heterocycles. The molecular weight excluding hydrogens is 264 g/mol. The van der Waals surface area contributed by atoms with Crippen LogP contribution in [-0.4, -0.2) is 5.11 Å². The van der Waals surface area contributed by atoms with Crippen LogP contribution in [0.15, 0.2) is 29.6 Å². The van der Waals surface area contributed by atoms with Gasteiger partial charge in [-0.2, -0.15) is 0 Å². The lowest BCUT2D eigenvalue weighted by atomic mass is 9.88. The molecule has 0 bridgehead atoms. The first-order chi connectivity index (χ1) is 9.41. The van der Waals surface area contributed by atoms with E-state index in [1.54, 1.807) is 11.3 Å². The second-order valence-corrected chi connectivity index (χ2v) is 7.02. The van der Waals surface area contributed by atoms with E-state index in [2.05, 4.69) is 58.9 Å². The molecule has 1 unspecified atom stereocenters. The predicted molar refractivity (Wildman–Crippen MR) is 87.7 cm³/mol. The van der Waals surface area contributed by atoms with E-state index in [9.17, 15) is 5.11 Å². The van der Waals surface area contributed by atoms with Gasteiger partial charge in [-0.15, -0.1) is 11.3 Å². The first kappa shape index (κ1) is 15.3. The molecule has 0 saturated carbocycles. The average Bonchev–Trinajstić information content (AvgIpc) is 2.83. The Labute approximate surface area is 126 Å². The van der Waals surface area contributed by atoms with E-state index < -0.39 is 6.10 Å². The summed E-state index contributed by atoms with van der Waals surface area (Å²) in [6.07, 6.45) is -0.506. The third-order valence-electron chi connectivity index (χ3n) is 3.84. The third-order valence-corrected chi connectivity index (χ3v) is 4.92. The molecule has 0 aliphatic rings. The SMILES string of the molecule is Cc1ccsc1C(O)c1ccc(C(C)C)cc1C(C)C. The number of rotatable bonds is 4. The van der Waals surface area contributed by atoms with Crippen molar-refractivity contribution < 1.29 is 5.11 Å². The first-order valence-electron chi connectivity index (χ1n) is 7.27. The van der Waals surface area contributed by atoms with Crippen LogP contribution < -0.4 is 0 Å². The van der Waals surface area contributed by atoms with Crippen molar-refractivity contribution in [1.29, 1.82) is 0 Å². The Morgan fingerprint density at radius 1 is 0.950 bits per heavy atom. The maximum absolute atomic E-state index is 10.7. The molecule has 0 radical (unpaired) electrons. The van der Waals surface area contributed by atoms with Gasteiger partial charge in [-0.3, -0.25) is 0 Å². The van der Waals surface area contributed by atoms with Gasteiger partial charge in [-0.05, 0) is 52.5 Å². The van der Waals surface area contributed by atoms with Crippen LogP contribution in [0.25, 0.3) is 0 Å². The fraction of sp³-hybridized carbons (Fsp3) is 0.444. The molecule has 1 heterocycles. The third kappa shape index (κ3) is 2.97. The zero-order valence-electron chi connectivity index (χ0n) is 13.0. The van der Waals surface area contributed by atoms with Crippen LogP contribution in [0, 0.1) is 6.92 Å². The van der Waals surface area contributed by atoms with Gasteiger partial charge < -0.3 is 5.11 Å². The largest absolute Gasteiger partial charge is 0.383 e. The van der Waals surface area contributed by atoms with E-state index in [1.807, 2.05) is 5.38 Å². The molecule has 1 N–H and O–H groups in total. The van der Waals surface area contributed by atoms with Crippen LogP contribution in [0.4, 0.5) is 0 Å². The minimum atomic E-state index is -0.506. The lowest BCUT2D eigenvalue weighted by Gasteiger charge is -2.20. The summed E-state index contributed by atoms with van der Waals surface area (Å²) in [4.78, 5) is 1.06. The van der Waals surface area contributed by atoms with Crippen molar-refractivity contribution in [3.05, 3.63) is 56.8 Å². The van der Waals surface area contributed by atoms with E-state index in [-0.39, 0.29) is 0 Å². The van der Waals surface area contributed by atoms with Gasteiger partial charge in [-0.25, -0.2) is 0 Å². The second-order valence-electron chi connectivity index (χ2n) is 6.07. The van der Waals surface area contributed by atoms with E-state index >= 15 is 0 Å². The highest BCUT2D eigenvalue weighted by molar-refractivity contribution is 7.10. The highest BCUT2D eigenvalue weighted by Gasteiger charge is 2.19. The van der Waals surface area contributed by atoms with Crippen molar-refractivity contribution in [1.82, 2.24) is 0 Å².